The third-order valence-corrected chi connectivity index (χ3v) is 4.63. The molecule has 0 aliphatic carbocycles. The molecule has 2 aromatic rings. The zero-order valence-electron chi connectivity index (χ0n) is 10.9. The Hall–Kier alpha value is -1.03. The van der Waals surface area contributed by atoms with Crippen LogP contribution in [-0.4, -0.2) is 4.57 Å². The third kappa shape index (κ3) is 2.39. The summed E-state index contributed by atoms with van der Waals surface area (Å²) >= 11 is 3.67. The lowest BCUT2D eigenvalue weighted by Gasteiger charge is -2.13. The summed E-state index contributed by atoms with van der Waals surface area (Å²) in [6.45, 7) is 7.06. The van der Waals surface area contributed by atoms with E-state index in [-0.39, 0.29) is 10.6 Å². The van der Waals surface area contributed by atoms with Gasteiger partial charge in [-0.15, -0.1) is 0 Å². The van der Waals surface area contributed by atoms with E-state index in [1.165, 1.54) is 0 Å². The van der Waals surface area contributed by atoms with Crippen LogP contribution in [0.25, 0.3) is 11.1 Å². The van der Waals surface area contributed by atoms with Gasteiger partial charge in [-0.3, -0.25) is 4.57 Å². The van der Waals surface area contributed by atoms with Gasteiger partial charge in [0.05, 0.1) is 5.52 Å². The van der Waals surface area contributed by atoms with Crippen LogP contribution in [0.15, 0.2) is 27.4 Å². The van der Waals surface area contributed by atoms with Crippen molar-refractivity contribution >= 4 is 27.0 Å². The molecule has 0 saturated heterocycles. The molecule has 1 unspecified atom stereocenters. The summed E-state index contributed by atoms with van der Waals surface area (Å²) in [6.07, 6.45) is 0.920. The van der Waals surface area contributed by atoms with Crippen molar-refractivity contribution in [2.45, 2.75) is 38.6 Å². The van der Waals surface area contributed by atoms with Crippen LogP contribution in [0.1, 0.15) is 37.6 Å². The molecule has 0 aliphatic heterocycles. The second kappa shape index (κ2) is 5.31. The second-order valence-electron chi connectivity index (χ2n) is 4.89. The van der Waals surface area contributed by atoms with Gasteiger partial charge in [0.2, 0.25) is 0 Å². The van der Waals surface area contributed by atoms with E-state index in [2.05, 4.69) is 35.8 Å². The van der Waals surface area contributed by atoms with Gasteiger partial charge < -0.3 is 4.42 Å². The van der Waals surface area contributed by atoms with Crippen molar-refractivity contribution in [3.8, 4) is 0 Å². The van der Waals surface area contributed by atoms with E-state index in [9.17, 15) is 4.79 Å². The van der Waals surface area contributed by atoms with Gasteiger partial charge in [-0.25, -0.2) is 4.79 Å². The number of hydrogen-bond donors (Lipinski definition) is 0. The number of halogens is 1. The Balaban J connectivity index is 2.51. The van der Waals surface area contributed by atoms with Gasteiger partial charge >= 0.3 is 5.76 Å². The minimum absolute atomic E-state index is 0.264. The molecule has 4 heteroatoms. The maximum absolute atomic E-state index is 11.7. The number of benzene rings is 1. The first kappa shape index (κ1) is 13.4. The molecule has 1 aromatic heterocycles. The first-order valence-electron chi connectivity index (χ1n) is 6.32. The summed E-state index contributed by atoms with van der Waals surface area (Å²) in [6, 6.07) is 5.99. The number of aromatic nitrogens is 1. The van der Waals surface area contributed by atoms with Crippen LogP contribution >= 0.6 is 15.9 Å². The highest BCUT2D eigenvalue weighted by molar-refractivity contribution is 9.09. The molecule has 0 N–H and O–H groups in total. The predicted molar refractivity (Wildman–Crippen MR) is 77.3 cm³/mol. The van der Waals surface area contributed by atoms with E-state index in [0.717, 1.165) is 17.5 Å². The van der Waals surface area contributed by atoms with Gasteiger partial charge in [-0.2, -0.15) is 0 Å². The molecule has 0 saturated carbocycles. The number of fused-ring (bicyclic) bond motifs is 1. The van der Waals surface area contributed by atoms with Crippen molar-refractivity contribution in [3.63, 3.8) is 0 Å². The van der Waals surface area contributed by atoms with Crippen molar-refractivity contribution in [3.05, 3.63) is 34.3 Å². The number of aryl methyl sites for hydroxylation is 1. The highest BCUT2D eigenvalue weighted by atomic mass is 79.9. The number of rotatable bonds is 4. The lowest BCUT2D eigenvalue weighted by molar-refractivity contribution is 0.502. The molecule has 1 aromatic carbocycles. The Labute approximate surface area is 115 Å². The largest absolute Gasteiger partial charge is 0.419 e. The smallest absolute Gasteiger partial charge is 0.408 e. The Bertz CT molecular complexity index is 597. The number of nitrogens with zero attached hydrogens (tertiary/aromatic N) is 1. The first-order valence-corrected chi connectivity index (χ1v) is 7.23. The van der Waals surface area contributed by atoms with Gasteiger partial charge in [-0.05, 0) is 30.0 Å². The minimum Gasteiger partial charge on any atom is -0.408 e. The second-order valence-corrected chi connectivity index (χ2v) is 5.88. The molecule has 1 atom stereocenters. The summed E-state index contributed by atoms with van der Waals surface area (Å²) in [5.41, 5.74) is 2.71. The lowest BCUT2D eigenvalue weighted by Crippen LogP contribution is -2.13. The zero-order valence-corrected chi connectivity index (χ0v) is 12.5. The van der Waals surface area contributed by atoms with Gasteiger partial charge in [0, 0.05) is 11.4 Å². The zero-order chi connectivity index (χ0) is 13.3. The lowest BCUT2D eigenvalue weighted by atomic mass is 10.0. The van der Waals surface area contributed by atoms with E-state index >= 15 is 0 Å². The van der Waals surface area contributed by atoms with Crippen LogP contribution in [0, 0.1) is 5.92 Å². The minimum atomic E-state index is -0.264. The number of hydrogen-bond acceptors (Lipinski definition) is 2. The number of oxazole rings is 1. The fourth-order valence-corrected chi connectivity index (χ4v) is 2.36. The third-order valence-electron chi connectivity index (χ3n) is 3.04. The van der Waals surface area contributed by atoms with E-state index in [1.54, 1.807) is 4.57 Å². The molecule has 18 heavy (non-hydrogen) atoms. The van der Waals surface area contributed by atoms with Gasteiger partial charge in [0.1, 0.15) is 0 Å². The fourth-order valence-electron chi connectivity index (χ4n) is 2.07. The monoisotopic (exact) mass is 311 g/mol. The molecule has 0 radical (unpaired) electrons. The molecule has 0 fully saturated rings. The highest BCUT2D eigenvalue weighted by Crippen LogP contribution is 2.32. The van der Waals surface area contributed by atoms with Crippen LogP contribution in [-0.2, 0) is 6.54 Å². The molecule has 0 aliphatic rings. The summed E-state index contributed by atoms with van der Waals surface area (Å²) in [7, 11) is 0. The SMILES string of the molecule is CCCn1c(=O)oc2cc(C(Br)C(C)C)ccc21. The summed E-state index contributed by atoms with van der Waals surface area (Å²) in [5.74, 6) is 0.228. The van der Waals surface area contributed by atoms with Crippen molar-refractivity contribution in [2.75, 3.05) is 0 Å². The van der Waals surface area contributed by atoms with Crippen molar-refractivity contribution < 1.29 is 4.42 Å². The van der Waals surface area contributed by atoms with Crippen molar-refractivity contribution in [2.24, 2.45) is 5.92 Å². The van der Waals surface area contributed by atoms with E-state index in [0.29, 0.717) is 18.0 Å². The van der Waals surface area contributed by atoms with Crippen molar-refractivity contribution in [1.82, 2.24) is 4.57 Å². The summed E-state index contributed by atoms with van der Waals surface area (Å²) in [5, 5.41) is 0. The molecule has 2 rings (SSSR count). The maximum atomic E-state index is 11.7. The van der Waals surface area contributed by atoms with E-state index in [4.69, 9.17) is 4.42 Å². The fraction of sp³-hybridized carbons (Fsp3) is 0.500. The Morgan fingerprint density at radius 1 is 1.39 bits per heavy atom. The van der Waals surface area contributed by atoms with Crippen LogP contribution in [0.4, 0.5) is 0 Å². The Morgan fingerprint density at radius 2 is 2.11 bits per heavy atom. The first-order chi connectivity index (χ1) is 8.54. The molecule has 1 heterocycles. The standard InChI is InChI=1S/C14H18BrNO2/c1-4-7-16-11-6-5-10(13(15)9(2)3)8-12(11)18-14(16)17/h5-6,8-9,13H,4,7H2,1-3H3. The molecule has 98 valence electrons. The number of alkyl halides is 1. The molecule has 0 amide bonds. The van der Waals surface area contributed by atoms with Gasteiger partial charge in [0.15, 0.2) is 5.58 Å². The van der Waals surface area contributed by atoms with Crippen molar-refractivity contribution in [1.29, 1.82) is 0 Å². The topological polar surface area (TPSA) is 35.1 Å². The van der Waals surface area contributed by atoms with E-state index in [1.807, 2.05) is 19.1 Å². The average Bonchev–Trinajstić information content (AvgIpc) is 2.64. The van der Waals surface area contributed by atoms with Crippen LogP contribution in [0.3, 0.4) is 0 Å². The molecule has 0 spiro atoms. The van der Waals surface area contributed by atoms with E-state index < -0.39 is 0 Å². The summed E-state index contributed by atoms with van der Waals surface area (Å²) in [4.78, 5) is 12.0. The molecular formula is C14H18BrNO2. The maximum Gasteiger partial charge on any atom is 0.419 e. The van der Waals surface area contributed by atoms with Gasteiger partial charge in [0.25, 0.3) is 0 Å². The molecular weight excluding hydrogens is 294 g/mol. The summed E-state index contributed by atoms with van der Waals surface area (Å²) < 4.78 is 7.00. The van der Waals surface area contributed by atoms with Gasteiger partial charge in [-0.1, -0.05) is 42.8 Å². The predicted octanol–water partition coefficient (Wildman–Crippen LogP) is 4.10. The average molecular weight is 312 g/mol. The van der Waals surface area contributed by atoms with Crippen LogP contribution in [0.2, 0.25) is 0 Å². The highest BCUT2D eigenvalue weighted by Gasteiger charge is 2.15. The van der Waals surface area contributed by atoms with Crippen LogP contribution in [0.5, 0.6) is 0 Å². The molecule has 3 nitrogen and oxygen atoms in total. The Kier molecular flexibility index (Phi) is 3.95. The molecule has 0 bridgehead atoms. The Morgan fingerprint density at radius 3 is 2.72 bits per heavy atom. The normalized spacial score (nSPS) is 13.4. The van der Waals surface area contributed by atoms with Crippen LogP contribution < -0.4 is 5.76 Å². The quantitative estimate of drug-likeness (QED) is 0.797.